The maximum Gasteiger partial charge on any atom is 0.412 e. The van der Waals surface area contributed by atoms with Crippen molar-refractivity contribution in [2.45, 2.75) is 25.8 Å². The van der Waals surface area contributed by atoms with Gasteiger partial charge in [0.25, 0.3) is 0 Å². The third-order valence-corrected chi connectivity index (χ3v) is 6.94. The van der Waals surface area contributed by atoms with E-state index in [1.165, 1.54) is 35.1 Å². The highest BCUT2D eigenvalue weighted by molar-refractivity contribution is 6.30. The van der Waals surface area contributed by atoms with Crippen molar-refractivity contribution in [1.29, 1.82) is 0 Å². The highest BCUT2D eigenvalue weighted by Gasteiger charge is 2.15. The van der Waals surface area contributed by atoms with E-state index in [0.717, 1.165) is 30.8 Å². The van der Waals surface area contributed by atoms with Gasteiger partial charge < -0.3 is 10.1 Å². The number of benzene rings is 3. The van der Waals surface area contributed by atoms with Crippen LogP contribution in [-0.4, -0.2) is 35.6 Å². The smallest absolute Gasteiger partial charge is 0.410 e. The largest absolute Gasteiger partial charge is 0.412 e. The lowest BCUT2D eigenvalue weighted by atomic mass is 9.96. The summed E-state index contributed by atoms with van der Waals surface area (Å²) in [4.78, 5) is 19.1. The minimum absolute atomic E-state index is 0.459. The summed E-state index contributed by atoms with van der Waals surface area (Å²) in [6.07, 6.45) is 6.47. The van der Waals surface area contributed by atoms with E-state index in [2.05, 4.69) is 45.5 Å². The second-order valence-electron chi connectivity index (χ2n) is 9.31. The monoisotopic (exact) mass is 511 g/mol. The van der Waals surface area contributed by atoms with Gasteiger partial charge in [0.15, 0.2) is 0 Å². The van der Waals surface area contributed by atoms with Crippen LogP contribution in [0, 0.1) is 0 Å². The van der Waals surface area contributed by atoms with Crippen molar-refractivity contribution >= 4 is 17.7 Å². The van der Waals surface area contributed by atoms with Crippen LogP contribution >= 0.6 is 11.6 Å². The van der Waals surface area contributed by atoms with Gasteiger partial charge in [0.05, 0.1) is 0 Å². The zero-order chi connectivity index (χ0) is 25.5. The average Bonchev–Trinajstić information content (AvgIpc) is 3.44. The fourth-order valence-electron chi connectivity index (χ4n) is 4.71. The van der Waals surface area contributed by atoms with E-state index >= 15 is 0 Å². The van der Waals surface area contributed by atoms with Crippen LogP contribution in [0.3, 0.4) is 0 Å². The first-order valence-corrected chi connectivity index (χ1v) is 13.1. The number of pyridine rings is 1. The topological polar surface area (TPSA) is 54.5 Å². The number of nitrogens with zero attached hydrogens (tertiary/aromatic N) is 2. The molecule has 0 radical (unpaired) electrons. The molecule has 0 bridgehead atoms. The van der Waals surface area contributed by atoms with Crippen molar-refractivity contribution in [1.82, 2.24) is 15.2 Å². The molecule has 0 spiro atoms. The molecule has 1 amide bonds. The van der Waals surface area contributed by atoms with Gasteiger partial charge in [-0.2, -0.15) is 0 Å². The maximum absolute atomic E-state index is 12.4. The van der Waals surface area contributed by atoms with Gasteiger partial charge in [-0.25, -0.2) is 4.79 Å². The van der Waals surface area contributed by atoms with Crippen LogP contribution < -0.4 is 10.1 Å². The van der Waals surface area contributed by atoms with Crippen LogP contribution in [0.25, 0.3) is 22.3 Å². The number of hydrogen-bond donors (Lipinski definition) is 1. The maximum atomic E-state index is 12.4. The molecule has 1 aliphatic heterocycles. The molecule has 0 saturated carbocycles. The molecular weight excluding hydrogens is 482 g/mol. The predicted octanol–water partition coefficient (Wildman–Crippen LogP) is 7.00. The normalized spacial score (nSPS) is 13.4. The van der Waals surface area contributed by atoms with Crippen molar-refractivity contribution in [3.05, 3.63) is 107 Å². The molecule has 1 N–H and O–H groups in total. The average molecular weight is 512 g/mol. The summed E-state index contributed by atoms with van der Waals surface area (Å²) in [7, 11) is 0. The van der Waals surface area contributed by atoms with Crippen molar-refractivity contribution in [2.75, 3.05) is 19.6 Å². The summed E-state index contributed by atoms with van der Waals surface area (Å²) in [6, 6.07) is 25.8. The van der Waals surface area contributed by atoms with Crippen molar-refractivity contribution in [2.24, 2.45) is 0 Å². The van der Waals surface area contributed by atoms with Crippen molar-refractivity contribution in [3.63, 3.8) is 0 Å². The summed E-state index contributed by atoms with van der Waals surface area (Å²) in [6.45, 7) is 3.77. The number of carbonyl (C=O) groups excluding carboxylic acids is 1. The summed E-state index contributed by atoms with van der Waals surface area (Å²) in [5, 5.41) is 3.57. The highest BCUT2D eigenvalue weighted by Crippen LogP contribution is 2.27. The summed E-state index contributed by atoms with van der Waals surface area (Å²) < 4.78 is 5.47. The van der Waals surface area contributed by atoms with Crippen LogP contribution in [0.2, 0.25) is 5.02 Å². The van der Waals surface area contributed by atoms with Crippen LogP contribution in [0.15, 0.2) is 91.3 Å². The quantitative estimate of drug-likeness (QED) is 0.277. The molecule has 5 nitrogen and oxygen atoms in total. The van der Waals surface area contributed by atoms with E-state index in [9.17, 15) is 4.79 Å². The SMILES string of the molecule is O=C(NCCc1ccc(CN2CCCC2)c(-c2ccncc2)c1)Oc1ccc(-c2ccc(Cl)cc2)cc1. The predicted molar refractivity (Wildman–Crippen MR) is 149 cm³/mol. The molecule has 5 rings (SSSR count). The van der Waals surface area contributed by atoms with Gasteiger partial charge >= 0.3 is 6.09 Å². The fraction of sp³-hybridized carbons (Fsp3) is 0.226. The van der Waals surface area contributed by atoms with Gasteiger partial charge in [-0.1, -0.05) is 54.1 Å². The molecule has 1 fully saturated rings. The molecule has 4 aromatic rings. The lowest BCUT2D eigenvalue weighted by Crippen LogP contribution is -2.28. The molecule has 0 aliphatic carbocycles. The Kier molecular flexibility index (Phi) is 8.14. The Morgan fingerprint density at radius 1 is 0.865 bits per heavy atom. The first kappa shape index (κ1) is 25.0. The Morgan fingerprint density at radius 3 is 2.24 bits per heavy atom. The minimum Gasteiger partial charge on any atom is -0.410 e. The van der Waals surface area contributed by atoms with E-state index in [1.807, 2.05) is 48.8 Å². The molecule has 1 aliphatic rings. The molecule has 2 heterocycles. The number of halogens is 1. The van der Waals surface area contributed by atoms with E-state index < -0.39 is 6.09 Å². The van der Waals surface area contributed by atoms with Gasteiger partial charge in [-0.3, -0.25) is 9.88 Å². The van der Waals surface area contributed by atoms with Gasteiger partial charge in [-0.15, -0.1) is 0 Å². The molecule has 1 aromatic heterocycles. The first-order valence-electron chi connectivity index (χ1n) is 12.7. The number of aromatic nitrogens is 1. The lowest BCUT2D eigenvalue weighted by Gasteiger charge is -2.19. The standard InChI is InChI=1S/C31H30ClN3O2/c32-28-9-5-24(6-10-28)25-7-11-29(12-8-25)37-31(36)34-18-13-23-3-4-27(22-35-19-1-2-20-35)30(21-23)26-14-16-33-17-15-26/h3-12,14-17,21H,1-2,13,18-20,22H2,(H,34,36). The molecule has 188 valence electrons. The number of carbonyl (C=O) groups is 1. The number of nitrogens with one attached hydrogen (secondary N) is 1. The zero-order valence-electron chi connectivity index (χ0n) is 20.7. The van der Waals surface area contributed by atoms with Gasteiger partial charge in [-0.05, 0) is 102 Å². The minimum atomic E-state index is -0.459. The summed E-state index contributed by atoms with van der Waals surface area (Å²) >= 11 is 5.97. The number of rotatable bonds is 8. The highest BCUT2D eigenvalue weighted by atomic mass is 35.5. The van der Waals surface area contributed by atoms with Gasteiger partial charge in [0.1, 0.15) is 5.75 Å². The summed E-state index contributed by atoms with van der Waals surface area (Å²) in [5.74, 6) is 0.501. The molecular formula is C31H30ClN3O2. The van der Waals surface area contributed by atoms with Crippen LogP contribution in [-0.2, 0) is 13.0 Å². The lowest BCUT2D eigenvalue weighted by molar-refractivity contribution is 0.200. The number of hydrogen-bond acceptors (Lipinski definition) is 4. The van der Waals surface area contributed by atoms with Gasteiger partial charge in [0.2, 0.25) is 0 Å². The van der Waals surface area contributed by atoms with E-state index in [1.54, 1.807) is 12.1 Å². The molecule has 37 heavy (non-hydrogen) atoms. The molecule has 0 unspecified atom stereocenters. The van der Waals surface area contributed by atoms with Crippen LogP contribution in [0.5, 0.6) is 5.75 Å². The Labute approximate surface area is 223 Å². The summed E-state index contributed by atoms with van der Waals surface area (Å²) in [5.41, 5.74) is 6.98. The molecule has 3 aromatic carbocycles. The second kappa shape index (κ2) is 12.0. The van der Waals surface area contributed by atoms with Crippen molar-refractivity contribution < 1.29 is 9.53 Å². The number of amides is 1. The third kappa shape index (κ3) is 6.76. The first-order chi connectivity index (χ1) is 18.1. The Balaban J connectivity index is 1.17. The van der Waals surface area contributed by atoms with Crippen LogP contribution in [0.4, 0.5) is 4.79 Å². The fourth-order valence-corrected chi connectivity index (χ4v) is 4.83. The van der Waals surface area contributed by atoms with Crippen LogP contribution in [0.1, 0.15) is 24.0 Å². The second-order valence-corrected chi connectivity index (χ2v) is 9.74. The Bertz CT molecular complexity index is 1320. The Morgan fingerprint density at radius 2 is 1.54 bits per heavy atom. The number of ether oxygens (including phenoxy) is 1. The van der Waals surface area contributed by atoms with Crippen molar-refractivity contribution in [3.8, 4) is 28.0 Å². The molecule has 1 saturated heterocycles. The molecule has 0 atom stereocenters. The molecule has 6 heteroatoms. The Hall–Kier alpha value is -3.67. The van der Waals surface area contributed by atoms with E-state index in [0.29, 0.717) is 23.7 Å². The van der Waals surface area contributed by atoms with Gasteiger partial charge in [0, 0.05) is 30.5 Å². The number of likely N-dealkylation sites (tertiary alicyclic amines) is 1. The van der Waals surface area contributed by atoms with E-state index in [-0.39, 0.29) is 0 Å². The third-order valence-electron chi connectivity index (χ3n) is 6.68. The zero-order valence-corrected chi connectivity index (χ0v) is 21.5. The van der Waals surface area contributed by atoms with E-state index in [4.69, 9.17) is 16.3 Å².